The minimum atomic E-state index is -0.382. The molecular weight excluding hydrogens is 136 g/mol. The van der Waals surface area contributed by atoms with Crippen LogP contribution in [0.5, 0.6) is 0 Å². The second kappa shape index (κ2) is 4.24. The van der Waals surface area contributed by atoms with Crippen LogP contribution in [0.1, 0.15) is 13.8 Å². The number of rotatable bonds is 2. The van der Waals surface area contributed by atoms with Crippen LogP contribution in [-0.4, -0.2) is 17.6 Å². The Kier molecular flexibility index (Phi) is 3.93. The monoisotopic (exact) mass is 144 g/mol. The second-order valence-corrected chi connectivity index (χ2v) is 1.65. The van der Waals surface area contributed by atoms with Crippen LogP contribution in [0.15, 0.2) is 5.57 Å². The molecule has 9 heavy (non-hydrogen) atoms. The third-order valence-corrected chi connectivity index (χ3v) is 1.04. The first-order valence-corrected chi connectivity index (χ1v) is 3.02. The van der Waals surface area contributed by atoms with E-state index in [0.29, 0.717) is 12.2 Å². The lowest BCUT2D eigenvalue weighted by Crippen LogP contribution is -2.04. The van der Waals surface area contributed by atoms with E-state index in [-0.39, 0.29) is 5.97 Å². The minimum absolute atomic E-state index is 0.354. The molecule has 0 radical (unpaired) electrons. The lowest BCUT2D eigenvalue weighted by molar-refractivity contribution is -0.138. The first-order chi connectivity index (χ1) is 4.22. The van der Waals surface area contributed by atoms with E-state index in [1.807, 2.05) is 0 Å². The third-order valence-electron chi connectivity index (χ3n) is 0.735. The maximum atomic E-state index is 10.6. The number of esters is 1. The van der Waals surface area contributed by atoms with Gasteiger partial charge in [-0.15, -0.1) is 0 Å². The van der Waals surface area contributed by atoms with Crippen LogP contribution in [-0.2, 0) is 9.53 Å². The molecule has 2 nitrogen and oxygen atoms in total. The van der Waals surface area contributed by atoms with Crippen molar-refractivity contribution in [2.24, 2.45) is 0 Å². The maximum Gasteiger partial charge on any atom is 0.342 e. The average Bonchev–Trinajstić information content (AvgIpc) is 1.87. The van der Waals surface area contributed by atoms with E-state index in [9.17, 15) is 4.79 Å². The normalized spacial score (nSPS) is 7.78. The van der Waals surface area contributed by atoms with Gasteiger partial charge in [0.1, 0.15) is 0 Å². The molecule has 0 amide bonds. The van der Waals surface area contributed by atoms with E-state index in [1.165, 1.54) is 0 Å². The zero-order valence-electron chi connectivity index (χ0n) is 5.43. The summed E-state index contributed by atoms with van der Waals surface area (Å²) in [5.74, 6) is -0.382. The highest BCUT2D eigenvalue weighted by atomic mass is 32.1. The molecule has 0 fully saturated rings. The Morgan fingerprint density at radius 3 is 2.67 bits per heavy atom. The Morgan fingerprint density at radius 1 is 1.78 bits per heavy atom. The van der Waals surface area contributed by atoms with Crippen molar-refractivity contribution in [1.82, 2.24) is 0 Å². The number of ether oxygens (including phenoxy) is 1. The summed E-state index contributed by atoms with van der Waals surface area (Å²) < 4.78 is 4.59. The minimum Gasteiger partial charge on any atom is -0.462 e. The highest BCUT2D eigenvalue weighted by molar-refractivity contribution is 7.78. The second-order valence-electron chi connectivity index (χ2n) is 1.45. The summed E-state index contributed by atoms with van der Waals surface area (Å²) >= 11 is 4.38. The smallest absolute Gasteiger partial charge is 0.342 e. The van der Waals surface area contributed by atoms with Crippen LogP contribution in [0.4, 0.5) is 0 Å². The van der Waals surface area contributed by atoms with Crippen molar-refractivity contribution in [3.8, 4) is 0 Å². The van der Waals surface area contributed by atoms with Crippen molar-refractivity contribution < 1.29 is 9.53 Å². The highest BCUT2D eigenvalue weighted by Gasteiger charge is 2.01. The number of thiocarbonyl (C=S) groups is 1. The van der Waals surface area contributed by atoms with Crippen LogP contribution in [0.3, 0.4) is 0 Å². The van der Waals surface area contributed by atoms with Crippen LogP contribution in [0.2, 0.25) is 0 Å². The van der Waals surface area contributed by atoms with E-state index in [4.69, 9.17) is 0 Å². The predicted octanol–water partition coefficient (Wildman–Crippen LogP) is 1.09. The van der Waals surface area contributed by atoms with Gasteiger partial charge in [-0.05, 0) is 31.1 Å². The summed E-state index contributed by atoms with van der Waals surface area (Å²) in [6.07, 6.45) is 0. The molecule has 0 aliphatic carbocycles. The number of hydrogen-bond acceptors (Lipinski definition) is 3. The van der Waals surface area contributed by atoms with Crippen molar-refractivity contribution in [2.75, 3.05) is 6.61 Å². The molecule has 3 heteroatoms. The lowest BCUT2D eigenvalue weighted by atomic mass is 10.4. The summed E-state index contributed by atoms with van der Waals surface area (Å²) in [6.45, 7) is 3.70. The van der Waals surface area contributed by atoms with Crippen LogP contribution >= 0.6 is 12.2 Å². The molecule has 0 bridgehead atoms. The van der Waals surface area contributed by atoms with E-state index >= 15 is 0 Å². The molecule has 50 valence electrons. The standard InChI is InChI=1S/C6H8O2S/c1-3-8-6(7)5(2)4-9/h3H2,1-2H3. The van der Waals surface area contributed by atoms with E-state index in [0.717, 1.165) is 0 Å². The van der Waals surface area contributed by atoms with Crippen molar-refractivity contribution >= 4 is 23.2 Å². The molecule has 0 aliphatic heterocycles. The van der Waals surface area contributed by atoms with Crippen molar-refractivity contribution in [2.45, 2.75) is 13.8 Å². The molecule has 0 aromatic rings. The van der Waals surface area contributed by atoms with Crippen LogP contribution in [0.25, 0.3) is 0 Å². The fourth-order valence-electron chi connectivity index (χ4n) is 0.281. The Hall–Kier alpha value is -0.660. The van der Waals surface area contributed by atoms with Gasteiger partial charge in [-0.25, -0.2) is 4.79 Å². The topological polar surface area (TPSA) is 26.3 Å². The molecule has 0 aromatic heterocycles. The molecule has 0 spiro atoms. The summed E-state index contributed by atoms with van der Waals surface area (Å²) in [7, 11) is 0. The number of carbonyl (C=O) groups is 1. The van der Waals surface area contributed by atoms with Crippen LogP contribution in [0, 0.1) is 0 Å². The fraction of sp³-hybridized carbons (Fsp3) is 0.500. The average molecular weight is 144 g/mol. The molecular formula is C6H8O2S. The fourth-order valence-corrected chi connectivity index (χ4v) is 0.364. The molecule has 0 rings (SSSR count). The Labute approximate surface area is 59.5 Å². The van der Waals surface area contributed by atoms with Crippen molar-refractivity contribution in [1.29, 1.82) is 0 Å². The van der Waals surface area contributed by atoms with Gasteiger partial charge in [0.25, 0.3) is 0 Å². The lowest BCUT2D eigenvalue weighted by Gasteiger charge is -1.96. The summed E-state index contributed by atoms with van der Waals surface area (Å²) in [4.78, 5) is 10.6. The zero-order chi connectivity index (χ0) is 7.28. The van der Waals surface area contributed by atoms with Gasteiger partial charge in [0.2, 0.25) is 0 Å². The van der Waals surface area contributed by atoms with Gasteiger partial charge in [-0.1, -0.05) is 0 Å². The highest BCUT2D eigenvalue weighted by Crippen LogP contribution is 1.89. The van der Waals surface area contributed by atoms with Gasteiger partial charge in [-0.2, -0.15) is 0 Å². The molecule has 0 aromatic carbocycles. The van der Waals surface area contributed by atoms with E-state index in [2.05, 4.69) is 22.0 Å². The Bertz CT molecular complexity index is 156. The van der Waals surface area contributed by atoms with E-state index < -0.39 is 0 Å². The molecule has 0 saturated carbocycles. The zero-order valence-corrected chi connectivity index (χ0v) is 6.25. The first-order valence-electron chi connectivity index (χ1n) is 2.61. The van der Waals surface area contributed by atoms with Crippen LogP contribution < -0.4 is 0 Å². The molecule has 0 aliphatic rings. The first kappa shape index (κ1) is 8.34. The van der Waals surface area contributed by atoms with Crippen molar-refractivity contribution in [3.05, 3.63) is 5.57 Å². The van der Waals surface area contributed by atoms with Gasteiger partial charge in [-0.3, -0.25) is 0 Å². The van der Waals surface area contributed by atoms with Gasteiger partial charge < -0.3 is 4.74 Å². The third kappa shape index (κ3) is 3.01. The van der Waals surface area contributed by atoms with Gasteiger partial charge in [0.05, 0.1) is 12.2 Å². The van der Waals surface area contributed by atoms with Gasteiger partial charge in [0, 0.05) is 0 Å². The number of carbonyl (C=O) groups excluding carboxylic acids is 1. The van der Waals surface area contributed by atoms with Gasteiger partial charge >= 0.3 is 5.97 Å². The molecule has 0 saturated heterocycles. The SMILES string of the molecule is CCOC(=O)C(C)=C=S. The molecule has 0 N–H and O–H groups in total. The summed E-state index contributed by atoms with van der Waals surface area (Å²) in [5, 5.41) is 2.27. The molecule has 0 atom stereocenters. The van der Waals surface area contributed by atoms with Crippen molar-refractivity contribution in [3.63, 3.8) is 0 Å². The Morgan fingerprint density at radius 2 is 2.33 bits per heavy atom. The predicted molar refractivity (Wildman–Crippen MR) is 38.4 cm³/mol. The molecule has 0 heterocycles. The quantitative estimate of drug-likeness (QED) is 0.330. The van der Waals surface area contributed by atoms with E-state index in [1.54, 1.807) is 13.8 Å². The molecule has 0 unspecified atom stereocenters. The largest absolute Gasteiger partial charge is 0.462 e. The van der Waals surface area contributed by atoms with Gasteiger partial charge in [0.15, 0.2) is 0 Å². The Balaban J connectivity index is 3.89. The summed E-state index contributed by atoms with van der Waals surface area (Å²) in [6, 6.07) is 0. The summed E-state index contributed by atoms with van der Waals surface area (Å²) in [5.41, 5.74) is 0.354. The number of hydrogen-bond donors (Lipinski definition) is 0. The maximum absolute atomic E-state index is 10.6.